The number of rotatable bonds is 4. The van der Waals surface area contributed by atoms with Crippen molar-refractivity contribution in [3.8, 4) is 5.75 Å². The summed E-state index contributed by atoms with van der Waals surface area (Å²) in [6, 6.07) is 9.89. The molecule has 0 unspecified atom stereocenters. The van der Waals surface area contributed by atoms with Crippen molar-refractivity contribution in [1.29, 1.82) is 0 Å². The Kier molecular flexibility index (Phi) is 4.49. The Labute approximate surface area is 149 Å². The normalized spacial score (nSPS) is 11.5. The fourth-order valence-corrected chi connectivity index (χ4v) is 3.94. The predicted molar refractivity (Wildman–Crippen MR) is 98.4 cm³/mol. The minimum atomic E-state index is -3.29. The number of nitrogens with one attached hydrogen (secondary N) is 1. The van der Waals surface area contributed by atoms with Gasteiger partial charge in [0, 0.05) is 11.8 Å². The largest absolute Gasteiger partial charge is 0.496 e. The molecule has 0 bridgehead atoms. The van der Waals surface area contributed by atoms with E-state index in [1.54, 1.807) is 31.4 Å². The molecule has 1 amide bonds. The molecule has 1 N–H and O–H groups in total. The number of nitrogens with zero attached hydrogens (tertiary/aromatic N) is 1. The van der Waals surface area contributed by atoms with Gasteiger partial charge >= 0.3 is 0 Å². The number of aromatic nitrogens is 1. The molecule has 0 aliphatic rings. The zero-order valence-corrected chi connectivity index (χ0v) is 15.5. The maximum absolute atomic E-state index is 12.4. The molecule has 0 saturated carbocycles. The van der Waals surface area contributed by atoms with Crippen molar-refractivity contribution in [2.24, 2.45) is 0 Å². The number of aryl methyl sites for hydroxylation is 1. The summed E-state index contributed by atoms with van der Waals surface area (Å²) >= 11 is 1.22. The van der Waals surface area contributed by atoms with E-state index in [2.05, 4.69) is 10.3 Å². The summed E-state index contributed by atoms with van der Waals surface area (Å²) in [6.07, 6.45) is 1.16. The average molecular weight is 376 g/mol. The first-order valence-corrected chi connectivity index (χ1v) is 10.1. The highest BCUT2D eigenvalue weighted by atomic mass is 32.2. The van der Waals surface area contributed by atoms with E-state index in [1.807, 2.05) is 13.0 Å². The number of benzene rings is 2. The maximum atomic E-state index is 12.4. The lowest BCUT2D eigenvalue weighted by atomic mass is 10.1. The van der Waals surface area contributed by atoms with Gasteiger partial charge in [0.15, 0.2) is 15.0 Å². The lowest BCUT2D eigenvalue weighted by Crippen LogP contribution is -2.11. The van der Waals surface area contributed by atoms with Crippen LogP contribution in [0.4, 0.5) is 5.13 Å². The Morgan fingerprint density at radius 2 is 1.96 bits per heavy atom. The molecule has 0 saturated heterocycles. The lowest BCUT2D eigenvalue weighted by molar-refractivity contribution is 0.102. The SMILES string of the molecule is COc1cc(C(=O)Nc2nc3ccc(S(C)(=O)=O)cc3s2)ccc1C. The highest BCUT2D eigenvalue weighted by Gasteiger charge is 2.14. The molecule has 0 spiro atoms. The van der Waals surface area contributed by atoms with Crippen LogP contribution in [0.1, 0.15) is 15.9 Å². The Morgan fingerprint density at radius 1 is 1.20 bits per heavy atom. The molecule has 0 aliphatic heterocycles. The summed E-state index contributed by atoms with van der Waals surface area (Å²) in [5.74, 6) is 0.329. The van der Waals surface area contributed by atoms with E-state index >= 15 is 0 Å². The van der Waals surface area contributed by atoms with E-state index < -0.39 is 9.84 Å². The molecular weight excluding hydrogens is 360 g/mol. The van der Waals surface area contributed by atoms with Crippen molar-refractivity contribution in [2.75, 3.05) is 18.7 Å². The molecule has 25 heavy (non-hydrogen) atoms. The lowest BCUT2D eigenvalue weighted by Gasteiger charge is -2.07. The number of hydrogen-bond acceptors (Lipinski definition) is 6. The van der Waals surface area contributed by atoms with Crippen LogP contribution in [-0.4, -0.2) is 32.7 Å². The first kappa shape index (κ1) is 17.4. The fraction of sp³-hybridized carbons (Fsp3) is 0.176. The Morgan fingerprint density at radius 3 is 2.64 bits per heavy atom. The Hall–Kier alpha value is -2.45. The number of fused-ring (bicyclic) bond motifs is 1. The van der Waals surface area contributed by atoms with E-state index in [9.17, 15) is 13.2 Å². The quantitative estimate of drug-likeness (QED) is 0.755. The van der Waals surface area contributed by atoms with Gasteiger partial charge in [-0.25, -0.2) is 13.4 Å². The molecule has 0 radical (unpaired) electrons. The van der Waals surface area contributed by atoms with Gasteiger partial charge in [-0.3, -0.25) is 10.1 Å². The number of ether oxygens (including phenoxy) is 1. The second-order valence-electron chi connectivity index (χ2n) is 5.56. The topological polar surface area (TPSA) is 85.4 Å². The van der Waals surface area contributed by atoms with Gasteiger partial charge in [-0.05, 0) is 42.8 Å². The molecule has 0 fully saturated rings. The summed E-state index contributed by atoms with van der Waals surface area (Å²) in [6.45, 7) is 1.90. The number of sulfone groups is 1. The van der Waals surface area contributed by atoms with Gasteiger partial charge in [-0.1, -0.05) is 17.4 Å². The summed E-state index contributed by atoms with van der Waals surface area (Å²) < 4.78 is 29.2. The predicted octanol–water partition coefficient (Wildman–Crippen LogP) is 3.27. The molecule has 0 aliphatic carbocycles. The van der Waals surface area contributed by atoms with E-state index in [0.717, 1.165) is 11.8 Å². The summed E-state index contributed by atoms with van der Waals surface area (Å²) in [4.78, 5) is 16.9. The fourth-order valence-electron chi connectivity index (χ4n) is 2.32. The molecular formula is C17H16N2O4S2. The van der Waals surface area contributed by atoms with Crippen LogP contribution in [0.5, 0.6) is 5.75 Å². The van der Waals surface area contributed by atoms with Crippen molar-refractivity contribution in [3.63, 3.8) is 0 Å². The first-order chi connectivity index (χ1) is 11.8. The van der Waals surface area contributed by atoms with Crippen LogP contribution in [0, 0.1) is 6.92 Å². The van der Waals surface area contributed by atoms with Gasteiger partial charge in [0.1, 0.15) is 5.75 Å². The molecule has 130 valence electrons. The van der Waals surface area contributed by atoms with Crippen LogP contribution in [0.15, 0.2) is 41.3 Å². The number of anilines is 1. The second-order valence-corrected chi connectivity index (χ2v) is 8.61. The van der Waals surface area contributed by atoms with Gasteiger partial charge in [0.05, 0.1) is 22.2 Å². The first-order valence-electron chi connectivity index (χ1n) is 7.34. The third kappa shape index (κ3) is 3.64. The average Bonchev–Trinajstić information content (AvgIpc) is 2.95. The number of carbonyl (C=O) groups excluding carboxylic acids is 1. The van der Waals surface area contributed by atoms with Crippen molar-refractivity contribution >= 4 is 42.4 Å². The van der Waals surface area contributed by atoms with Gasteiger partial charge < -0.3 is 4.74 Å². The Bertz CT molecular complexity index is 1070. The molecule has 1 aromatic heterocycles. The van der Waals surface area contributed by atoms with Crippen molar-refractivity contribution in [1.82, 2.24) is 4.98 Å². The number of methoxy groups -OCH3 is 1. The van der Waals surface area contributed by atoms with Crippen molar-refractivity contribution in [2.45, 2.75) is 11.8 Å². The Balaban J connectivity index is 1.89. The third-order valence-electron chi connectivity index (χ3n) is 3.68. The number of carbonyl (C=O) groups is 1. The molecule has 3 aromatic rings. The van der Waals surface area contributed by atoms with Crippen molar-refractivity contribution < 1.29 is 17.9 Å². The van der Waals surface area contributed by atoms with E-state index in [0.29, 0.717) is 26.7 Å². The summed E-state index contributed by atoms with van der Waals surface area (Å²) in [5.41, 5.74) is 2.03. The van der Waals surface area contributed by atoms with Crippen LogP contribution < -0.4 is 10.1 Å². The summed E-state index contributed by atoms with van der Waals surface area (Å²) in [5, 5.41) is 3.15. The van der Waals surface area contributed by atoms with Crippen LogP contribution in [-0.2, 0) is 9.84 Å². The van der Waals surface area contributed by atoms with Gasteiger partial charge in [-0.2, -0.15) is 0 Å². The monoisotopic (exact) mass is 376 g/mol. The number of thiazole rings is 1. The van der Waals surface area contributed by atoms with Crippen LogP contribution >= 0.6 is 11.3 Å². The van der Waals surface area contributed by atoms with E-state index in [1.165, 1.54) is 17.4 Å². The third-order valence-corrected chi connectivity index (χ3v) is 5.72. The molecule has 1 heterocycles. The molecule has 0 atom stereocenters. The van der Waals surface area contributed by atoms with Gasteiger partial charge in [0.25, 0.3) is 5.91 Å². The minimum absolute atomic E-state index is 0.227. The van der Waals surface area contributed by atoms with E-state index in [4.69, 9.17) is 4.74 Å². The molecule has 2 aromatic carbocycles. The zero-order valence-electron chi connectivity index (χ0n) is 13.9. The van der Waals surface area contributed by atoms with Gasteiger partial charge in [0.2, 0.25) is 0 Å². The second kappa shape index (κ2) is 6.45. The molecule has 8 heteroatoms. The highest BCUT2D eigenvalue weighted by molar-refractivity contribution is 7.90. The molecule has 6 nitrogen and oxygen atoms in total. The number of amides is 1. The number of hydrogen-bond donors (Lipinski definition) is 1. The van der Waals surface area contributed by atoms with Gasteiger partial charge in [-0.15, -0.1) is 0 Å². The molecule has 3 rings (SSSR count). The van der Waals surface area contributed by atoms with Crippen LogP contribution in [0.2, 0.25) is 0 Å². The van der Waals surface area contributed by atoms with Crippen LogP contribution in [0.25, 0.3) is 10.2 Å². The van der Waals surface area contributed by atoms with Crippen LogP contribution in [0.3, 0.4) is 0 Å². The maximum Gasteiger partial charge on any atom is 0.257 e. The minimum Gasteiger partial charge on any atom is -0.496 e. The van der Waals surface area contributed by atoms with Crippen molar-refractivity contribution in [3.05, 3.63) is 47.5 Å². The smallest absolute Gasteiger partial charge is 0.257 e. The highest BCUT2D eigenvalue weighted by Crippen LogP contribution is 2.29. The zero-order chi connectivity index (χ0) is 18.2. The van der Waals surface area contributed by atoms with E-state index in [-0.39, 0.29) is 10.8 Å². The standard InChI is InChI=1S/C17H16N2O4S2/c1-10-4-5-11(8-14(10)23-2)16(20)19-17-18-13-7-6-12(25(3,21)22)9-15(13)24-17/h4-9H,1-3H3,(H,18,19,20). The summed E-state index contributed by atoms with van der Waals surface area (Å²) in [7, 11) is -1.73.